The minimum Gasteiger partial charge on any atom is -0.342 e. The smallest absolute Gasteiger partial charge is 0.260 e. The average molecular weight is 452 g/mol. The summed E-state index contributed by atoms with van der Waals surface area (Å²) < 4.78 is 0. The fourth-order valence-corrected chi connectivity index (χ4v) is 5.69. The minimum absolute atomic E-state index is 0.0193. The molecule has 2 saturated heterocycles. The van der Waals surface area contributed by atoms with E-state index in [9.17, 15) is 9.59 Å². The van der Waals surface area contributed by atoms with E-state index in [-0.39, 0.29) is 17.5 Å². The second-order valence-electron chi connectivity index (χ2n) is 8.72. The molecule has 3 aromatic rings. The molecule has 168 valence electrons. The maximum atomic E-state index is 13.0. The second-order valence-corrected chi connectivity index (χ2v) is 9.58. The average Bonchev–Trinajstić information content (AvgIpc) is 3.50. The number of rotatable bonds is 5. The van der Waals surface area contributed by atoms with Gasteiger partial charge in [0.2, 0.25) is 5.91 Å². The van der Waals surface area contributed by atoms with Crippen molar-refractivity contribution in [2.24, 2.45) is 0 Å². The molecular weight excluding hydrogens is 422 g/mol. The Kier molecular flexibility index (Phi) is 6.08. The van der Waals surface area contributed by atoms with Gasteiger partial charge in [-0.15, -0.1) is 11.3 Å². The molecule has 2 aromatic heterocycles. The third-order valence-electron chi connectivity index (χ3n) is 6.72. The number of benzene rings is 1. The lowest BCUT2D eigenvalue weighted by Crippen LogP contribution is -2.50. The van der Waals surface area contributed by atoms with Crippen LogP contribution in [0.4, 0.5) is 0 Å². The van der Waals surface area contributed by atoms with Crippen LogP contribution in [-0.2, 0) is 4.79 Å². The number of carbonyl (C=O) groups is 1. The second kappa shape index (κ2) is 9.13. The van der Waals surface area contributed by atoms with E-state index in [0.717, 1.165) is 68.1 Å². The number of likely N-dealkylation sites (tertiary alicyclic amines) is 1. The van der Waals surface area contributed by atoms with Crippen molar-refractivity contribution in [3.8, 4) is 11.1 Å². The number of carbonyl (C=O) groups excluding carboxylic acids is 1. The zero-order valence-corrected chi connectivity index (χ0v) is 19.2. The Morgan fingerprint density at radius 2 is 1.81 bits per heavy atom. The fourth-order valence-electron chi connectivity index (χ4n) is 4.73. The summed E-state index contributed by atoms with van der Waals surface area (Å²) in [6, 6.07) is 10.00. The van der Waals surface area contributed by atoms with Gasteiger partial charge in [-0.25, -0.2) is 4.98 Å². The number of nitrogens with zero attached hydrogens (tertiary/aromatic N) is 4. The summed E-state index contributed by atoms with van der Waals surface area (Å²) in [6.07, 6.45) is 2.26. The van der Waals surface area contributed by atoms with Gasteiger partial charge in [0.25, 0.3) is 5.56 Å². The van der Waals surface area contributed by atoms with Crippen LogP contribution in [0.15, 0.2) is 40.5 Å². The van der Waals surface area contributed by atoms with Crippen molar-refractivity contribution < 1.29 is 4.79 Å². The van der Waals surface area contributed by atoms with E-state index in [4.69, 9.17) is 4.98 Å². The van der Waals surface area contributed by atoms with Crippen LogP contribution in [0.25, 0.3) is 21.3 Å². The van der Waals surface area contributed by atoms with Crippen molar-refractivity contribution in [2.75, 3.05) is 45.8 Å². The summed E-state index contributed by atoms with van der Waals surface area (Å²) in [7, 11) is 0. The zero-order valence-electron chi connectivity index (χ0n) is 18.4. The third-order valence-corrected chi connectivity index (χ3v) is 7.59. The van der Waals surface area contributed by atoms with E-state index in [1.807, 2.05) is 40.6 Å². The first-order valence-corrected chi connectivity index (χ1v) is 12.3. The SMILES string of the molecule is CC(c1nc2scc(-c3ccccc3)c2c(=O)[nH]1)N1CCN(CC(=O)N2CCCC2)CC1. The highest BCUT2D eigenvalue weighted by Crippen LogP contribution is 2.31. The van der Waals surface area contributed by atoms with Gasteiger partial charge in [-0.2, -0.15) is 0 Å². The van der Waals surface area contributed by atoms with Gasteiger partial charge in [0.05, 0.1) is 18.0 Å². The summed E-state index contributed by atoms with van der Waals surface area (Å²) in [6.45, 7) is 7.85. The van der Waals surface area contributed by atoms with Crippen LogP contribution in [0.5, 0.6) is 0 Å². The van der Waals surface area contributed by atoms with E-state index in [0.29, 0.717) is 17.8 Å². The van der Waals surface area contributed by atoms with Gasteiger partial charge < -0.3 is 9.88 Å². The summed E-state index contributed by atoms with van der Waals surface area (Å²) in [5.41, 5.74) is 1.90. The van der Waals surface area contributed by atoms with E-state index < -0.39 is 0 Å². The Morgan fingerprint density at radius 3 is 2.53 bits per heavy atom. The number of piperazine rings is 1. The molecule has 4 heterocycles. The number of aromatic nitrogens is 2. The zero-order chi connectivity index (χ0) is 22.1. The van der Waals surface area contributed by atoms with Gasteiger partial charge in [0.1, 0.15) is 10.7 Å². The Hall–Kier alpha value is -2.55. The van der Waals surface area contributed by atoms with Crippen molar-refractivity contribution in [1.82, 2.24) is 24.7 Å². The third kappa shape index (κ3) is 4.22. The summed E-state index contributed by atoms with van der Waals surface area (Å²) in [5, 5.41) is 2.69. The first-order valence-electron chi connectivity index (χ1n) is 11.4. The van der Waals surface area contributed by atoms with Gasteiger partial charge in [-0.1, -0.05) is 30.3 Å². The van der Waals surface area contributed by atoms with E-state index >= 15 is 0 Å². The van der Waals surface area contributed by atoms with Crippen molar-refractivity contribution in [2.45, 2.75) is 25.8 Å². The molecule has 0 aliphatic carbocycles. The van der Waals surface area contributed by atoms with E-state index in [1.165, 1.54) is 11.3 Å². The predicted molar refractivity (Wildman–Crippen MR) is 128 cm³/mol. The molecular formula is C24H29N5O2S. The number of thiophene rings is 1. The minimum atomic E-state index is -0.0770. The van der Waals surface area contributed by atoms with Crippen LogP contribution in [-0.4, -0.2) is 76.4 Å². The molecule has 1 N–H and O–H groups in total. The molecule has 2 fully saturated rings. The van der Waals surface area contributed by atoms with Crippen molar-refractivity contribution in [1.29, 1.82) is 0 Å². The lowest BCUT2D eigenvalue weighted by Gasteiger charge is -2.37. The monoisotopic (exact) mass is 451 g/mol. The summed E-state index contributed by atoms with van der Waals surface area (Å²) >= 11 is 1.52. The van der Waals surface area contributed by atoms with Crippen LogP contribution >= 0.6 is 11.3 Å². The Morgan fingerprint density at radius 1 is 1.09 bits per heavy atom. The van der Waals surface area contributed by atoms with Crippen LogP contribution < -0.4 is 5.56 Å². The van der Waals surface area contributed by atoms with Gasteiger partial charge in [0.15, 0.2) is 0 Å². The van der Waals surface area contributed by atoms with E-state index in [1.54, 1.807) is 0 Å². The maximum Gasteiger partial charge on any atom is 0.260 e. The lowest BCUT2D eigenvalue weighted by atomic mass is 10.1. The molecule has 7 nitrogen and oxygen atoms in total. The van der Waals surface area contributed by atoms with Crippen LogP contribution in [0.2, 0.25) is 0 Å². The largest absolute Gasteiger partial charge is 0.342 e. The van der Waals surface area contributed by atoms with Crippen molar-refractivity contribution >= 4 is 27.5 Å². The highest BCUT2D eigenvalue weighted by molar-refractivity contribution is 7.17. The first kappa shape index (κ1) is 21.3. The molecule has 32 heavy (non-hydrogen) atoms. The van der Waals surface area contributed by atoms with E-state index in [2.05, 4.69) is 21.7 Å². The van der Waals surface area contributed by atoms with Crippen molar-refractivity contribution in [3.63, 3.8) is 0 Å². The molecule has 0 spiro atoms. The molecule has 2 aliphatic heterocycles. The molecule has 2 aliphatic rings. The number of fused-ring (bicyclic) bond motifs is 1. The number of aromatic amines is 1. The standard InChI is InChI=1S/C24H29N5O2S/c1-17(28-13-11-27(12-14-28)15-20(30)29-9-5-6-10-29)22-25-23(31)21-19(16-32-24(21)26-22)18-7-3-2-4-8-18/h2-4,7-8,16-17H,5-6,9-15H2,1H3,(H,25,26,31). The Labute approximate surface area is 191 Å². The number of amides is 1. The quantitative estimate of drug-likeness (QED) is 0.646. The summed E-state index contributed by atoms with van der Waals surface area (Å²) in [4.78, 5) is 40.7. The maximum absolute atomic E-state index is 13.0. The molecule has 1 amide bonds. The highest BCUT2D eigenvalue weighted by Gasteiger charge is 2.27. The fraction of sp³-hybridized carbons (Fsp3) is 0.458. The van der Waals surface area contributed by atoms with Gasteiger partial charge in [0, 0.05) is 50.2 Å². The number of nitrogens with one attached hydrogen (secondary N) is 1. The normalized spacial score (nSPS) is 19.0. The molecule has 0 bridgehead atoms. The van der Waals surface area contributed by atoms with Crippen LogP contribution in [0, 0.1) is 0 Å². The molecule has 8 heteroatoms. The highest BCUT2D eigenvalue weighted by atomic mass is 32.1. The Balaban J connectivity index is 1.27. The first-order chi connectivity index (χ1) is 15.6. The van der Waals surface area contributed by atoms with Gasteiger partial charge in [-0.05, 0) is 25.3 Å². The number of H-pyrrole nitrogens is 1. The molecule has 1 atom stereocenters. The molecule has 1 unspecified atom stereocenters. The number of hydrogen-bond donors (Lipinski definition) is 1. The van der Waals surface area contributed by atoms with Crippen molar-refractivity contribution in [3.05, 3.63) is 51.9 Å². The predicted octanol–water partition coefficient (Wildman–Crippen LogP) is 2.95. The lowest BCUT2D eigenvalue weighted by molar-refractivity contribution is -0.131. The molecule has 0 radical (unpaired) electrons. The Bertz CT molecular complexity index is 1140. The topological polar surface area (TPSA) is 72.5 Å². The van der Waals surface area contributed by atoms with Gasteiger partial charge in [-0.3, -0.25) is 19.4 Å². The number of hydrogen-bond acceptors (Lipinski definition) is 6. The van der Waals surface area contributed by atoms with Crippen LogP contribution in [0.3, 0.4) is 0 Å². The summed E-state index contributed by atoms with van der Waals surface area (Å²) in [5.74, 6) is 0.970. The molecule has 0 saturated carbocycles. The molecule has 1 aromatic carbocycles. The molecule has 5 rings (SSSR count). The van der Waals surface area contributed by atoms with Crippen LogP contribution in [0.1, 0.15) is 31.6 Å². The van der Waals surface area contributed by atoms with Gasteiger partial charge >= 0.3 is 0 Å².